The molecule has 2 heterocycles. The van der Waals surface area contributed by atoms with Crippen molar-refractivity contribution in [3.8, 4) is 5.75 Å². The summed E-state index contributed by atoms with van der Waals surface area (Å²) in [7, 11) is -3.84. The maximum Gasteiger partial charge on any atom is 0.264 e. The second-order valence-electron chi connectivity index (χ2n) is 12.1. The summed E-state index contributed by atoms with van der Waals surface area (Å²) >= 11 is 6.30. The minimum absolute atomic E-state index is 0.182. The number of hydrogen-bond donors (Lipinski definition) is 2. The maximum atomic E-state index is 13.2. The molecule has 2 bridgehead atoms. The minimum Gasteiger partial charge on any atom is -0.487 e. The van der Waals surface area contributed by atoms with E-state index in [0.717, 1.165) is 62.9 Å². The highest BCUT2D eigenvalue weighted by molar-refractivity contribution is 7.90. The van der Waals surface area contributed by atoms with E-state index in [-0.39, 0.29) is 11.5 Å². The predicted octanol–water partition coefficient (Wildman–Crippen LogP) is 5.86. The smallest absolute Gasteiger partial charge is 0.264 e. The predicted molar refractivity (Wildman–Crippen MR) is 159 cm³/mol. The van der Waals surface area contributed by atoms with Crippen LogP contribution in [-0.2, 0) is 23.1 Å². The van der Waals surface area contributed by atoms with E-state index in [9.17, 15) is 18.3 Å². The van der Waals surface area contributed by atoms with Gasteiger partial charge in [-0.05, 0) is 112 Å². The van der Waals surface area contributed by atoms with Crippen LogP contribution in [0.3, 0.4) is 0 Å². The van der Waals surface area contributed by atoms with E-state index in [0.29, 0.717) is 42.6 Å². The zero-order valence-corrected chi connectivity index (χ0v) is 25.1. The molecule has 2 aromatic carbocycles. The Hall–Kier alpha value is -2.29. The highest BCUT2D eigenvalue weighted by Gasteiger charge is 2.44. The van der Waals surface area contributed by atoms with Gasteiger partial charge in [0.05, 0.1) is 16.5 Å². The zero-order valence-electron chi connectivity index (χ0n) is 23.5. The Bertz CT molecular complexity index is 1350. The third kappa shape index (κ3) is 6.44. The monoisotopic (exact) mass is 588 g/mol. The number of halogens is 1. The third-order valence-electron chi connectivity index (χ3n) is 9.22. The number of anilines is 1. The second kappa shape index (κ2) is 11.9. The lowest BCUT2D eigenvalue weighted by Gasteiger charge is -2.48. The fraction of sp³-hybridized carbons (Fsp3) is 0.581. The largest absolute Gasteiger partial charge is 0.487 e. The van der Waals surface area contributed by atoms with E-state index in [4.69, 9.17) is 16.3 Å². The molecule has 2 N–H and O–H groups in total. The van der Waals surface area contributed by atoms with Gasteiger partial charge in [0.2, 0.25) is 10.0 Å². The average Bonchev–Trinajstić information content (AvgIpc) is 2.91. The molecule has 0 aromatic heterocycles. The van der Waals surface area contributed by atoms with Crippen molar-refractivity contribution in [1.29, 1.82) is 0 Å². The van der Waals surface area contributed by atoms with Crippen LogP contribution >= 0.6 is 11.6 Å². The standard InChI is InChI=1S/C31H41ClN2O5S/c1-21-7-3-5-15-31(2,36)27-13-10-24(27)19-34-16-6-4-8-22-17-26(32)12-9-25(22)20-39-29-14-11-23(18-28(29)34)30(35)33-40(21,37)38/h9,11-12,14,17-18,21,24,27,36H,3-8,10,13,15-16,19-20H2,1-2H3,(H,33,35)/t21-,24+,27-,31-/m1/s1. The molecule has 1 saturated carbocycles. The van der Waals surface area contributed by atoms with Gasteiger partial charge in [0.1, 0.15) is 12.4 Å². The van der Waals surface area contributed by atoms with Crippen molar-refractivity contribution in [2.24, 2.45) is 11.8 Å². The summed E-state index contributed by atoms with van der Waals surface area (Å²) in [5.41, 5.74) is 2.53. The number of nitrogens with one attached hydrogen (secondary N) is 1. The first-order valence-electron chi connectivity index (χ1n) is 14.6. The number of hydrogen-bond acceptors (Lipinski definition) is 6. The second-order valence-corrected chi connectivity index (χ2v) is 14.7. The molecule has 0 radical (unpaired) electrons. The van der Waals surface area contributed by atoms with E-state index in [1.54, 1.807) is 25.1 Å². The molecule has 2 aromatic rings. The van der Waals surface area contributed by atoms with Crippen LogP contribution in [0.1, 0.15) is 86.7 Å². The fourth-order valence-corrected chi connectivity index (χ4v) is 7.76. The maximum absolute atomic E-state index is 13.2. The Morgan fingerprint density at radius 2 is 1.88 bits per heavy atom. The first kappa shape index (κ1) is 29.2. The van der Waals surface area contributed by atoms with Gasteiger partial charge in [-0.3, -0.25) is 4.79 Å². The number of nitrogens with zero attached hydrogens (tertiary/aromatic N) is 1. The van der Waals surface area contributed by atoms with Crippen molar-refractivity contribution >= 4 is 33.2 Å². The minimum atomic E-state index is -3.84. The van der Waals surface area contributed by atoms with Gasteiger partial charge in [-0.2, -0.15) is 0 Å². The molecule has 1 aliphatic carbocycles. The molecule has 0 spiro atoms. The fourth-order valence-electron chi connectivity index (χ4n) is 6.51. The summed E-state index contributed by atoms with van der Waals surface area (Å²) < 4.78 is 34.6. The van der Waals surface area contributed by atoms with Crippen LogP contribution in [0, 0.1) is 11.8 Å². The van der Waals surface area contributed by atoms with Gasteiger partial charge >= 0.3 is 0 Å². The van der Waals surface area contributed by atoms with Crippen LogP contribution in [0.15, 0.2) is 36.4 Å². The van der Waals surface area contributed by atoms with Gasteiger partial charge in [0.25, 0.3) is 5.91 Å². The van der Waals surface area contributed by atoms with E-state index in [1.807, 2.05) is 25.1 Å². The molecule has 9 heteroatoms. The normalized spacial score (nSPS) is 29.4. The number of benzene rings is 2. The number of rotatable bonds is 0. The summed E-state index contributed by atoms with van der Waals surface area (Å²) in [4.78, 5) is 15.5. The highest BCUT2D eigenvalue weighted by atomic mass is 35.5. The lowest BCUT2D eigenvalue weighted by molar-refractivity contribution is -0.0741. The van der Waals surface area contributed by atoms with E-state index < -0.39 is 26.8 Å². The van der Waals surface area contributed by atoms with Crippen LogP contribution in [0.25, 0.3) is 0 Å². The number of fused-ring (bicyclic) bond motifs is 3. The molecule has 40 heavy (non-hydrogen) atoms. The van der Waals surface area contributed by atoms with Crippen molar-refractivity contribution in [2.45, 2.75) is 89.1 Å². The van der Waals surface area contributed by atoms with Crippen molar-refractivity contribution < 1.29 is 23.1 Å². The number of amides is 1. The Morgan fingerprint density at radius 3 is 2.65 bits per heavy atom. The van der Waals surface area contributed by atoms with Crippen molar-refractivity contribution in [3.05, 3.63) is 58.1 Å². The van der Waals surface area contributed by atoms with Crippen molar-refractivity contribution in [1.82, 2.24) is 4.72 Å². The zero-order chi connectivity index (χ0) is 28.5. The summed E-state index contributed by atoms with van der Waals surface area (Å²) in [5.74, 6) is 0.537. The SMILES string of the molecule is C[C@@H]1CCCC[C@@](C)(O)[C@@H]2CC[C@H]2CN2CCCCc3cc(Cl)ccc3COc3ccc(cc32)C(=O)NS1(=O)=O. The number of ether oxygens (including phenoxy) is 1. The van der Waals surface area contributed by atoms with E-state index in [1.165, 1.54) is 5.56 Å². The molecule has 3 aliphatic rings. The van der Waals surface area contributed by atoms with E-state index in [2.05, 4.69) is 9.62 Å². The van der Waals surface area contributed by atoms with E-state index >= 15 is 0 Å². The van der Waals surface area contributed by atoms with Crippen molar-refractivity contribution in [3.63, 3.8) is 0 Å². The van der Waals surface area contributed by atoms with Crippen molar-refractivity contribution in [2.75, 3.05) is 18.0 Å². The number of aryl methyl sites for hydroxylation is 1. The van der Waals surface area contributed by atoms with Crippen LogP contribution in [0.5, 0.6) is 5.75 Å². The highest BCUT2D eigenvalue weighted by Crippen LogP contribution is 2.45. The summed E-state index contributed by atoms with van der Waals surface area (Å²) in [6.45, 7) is 5.45. The van der Waals surface area contributed by atoms with Gasteiger partial charge in [0, 0.05) is 23.7 Å². The van der Waals surface area contributed by atoms with Gasteiger partial charge < -0.3 is 14.7 Å². The summed E-state index contributed by atoms with van der Waals surface area (Å²) in [6, 6.07) is 11.1. The molecule has 2 aliphatic heterocycles. The van der Waals surface area contributed by atoms with Gasteiger partial charge in [-0.25, -0.2) is 13.1 Å². The first-order valence-corrected chi connectivity index (χ1v) is 16.5. The molecular formula is C31H41ClN2O5S. The number of aliphatic hydroxyl groups is 1. The quantitative estimate of drug-likeness (QED) is 0.400. The molecule has 0 unspecified atom stereocenters. The average molecular weight is 589 g/mol. The Morgan fingerprint density at radius 1 is 1.05 bits per heavy atom. The summed E-state index contributed by atoms with van der Waals surface area (Å²) in [6.07, 6.45) is 7.33. The Labute approximate surface area is 243 Å². The lowest BCUT2D eigenvalue weighted by Crippen LogP contribution is -2.49. The number of sulfonamides is 1. The van der Waals surface area contributed by atoms with Crippen LogP contribution in [-0.4, -0.2) is 43.4 Å². The van der Waals surface area contributed by atoms with Gasteiger partial charge in [0.15, 0.2) is 0 Å². The van der Waals surface area contributed by atoms with Crippen LogP contribution < -0.4 is 14.4 Å². The van der Waals surface area contributed by atoms with Crippen LogP contribution in [0.4, 0.5) is 5.69 Å². The summed E-state index contributed by atoms with van der Waals surface area (Å²) in [5, 5.41) is 11.5. The molecule has 1 amide bonds. The Balaban J connectivity index is 1.53. The molecular weight excluding hydrogens is 548 g/mol. The van der Waals surface area contributed by atoms with Gasteiger partial charge in [-0.1, -0.05) is 30.5 Å². The molecule has 1 fully saturated rings. The number of carbonyl (C=O) groups is 1. The first-order chi connectivity index (χ1) is 19.0. The third-order valence-corrected chi connectivity index (χ3v) is 11.2. The van der Waals surface area contributed by atoms with Crippen LogP contribution in [0.2, 0.25) is 5.02 Å². The van der Waals surface area contributed by atoms with Gasteiger partial charge in [-0.15, -0.1) is 0 Å². The lowest BCUT2D eigenvalue weighted by atomic mass is 9.64. The topological polar surface area (TPSA) is 95.9 Å². The molecule has 5 rings (SSSR count). The molecule has 4 atom stereocenters. The number of carbonyl (C=O) groups excluding carboxylic acids is 1. The molecule has 0 saturated heterocycles. The molecule has 7 nitrogen and oxygen atoms in total. The molecule has 218 valence electrons. The Kier molecular flexibility index (Phi) is 8.69.